The zero-order valence-corrected chi connectivity index (χ0v) is 16.3. The van der Waals surface area contributed by atoms with Crippen molar-refractivity contribution in [3.05, 3.63) is 34.2 Å². The lowest BCUT2D eigenvalue weighted by molar-refractivity contribution is -0.119. The monoisotopic (exact) mass is 392 g/mol. The lowest BCUT2D eigenvalue weighted by atomic mass is 10.1. The van der Waals surface area contributed by atoms with Crippen molar-refractivity contribution < 1.29 is 14.3 Å². The molecule has 0 saturated heterocycles. The molecule has 0 fully saturated rings. The Bertz CT molecular complexity index is 848. The second-order valence-corrected chi connectivity index (χ2v) is 7.24. The summed E-state index contributed by atoms with van der Waals surface area (Å²) in [6.07, 6.45) is 1.87. The highest BCUT2D eigenvalue weighted by atomic mass is 32.2. The van der Waals surface area contributed by atoms with Crippen molar-refractivity contribution in [1.29, 1.82) is 0 Å². The van der Waals surface area contributed by atoms with Gasteiger partial charge in [-0.15, -0.1) is 5.10 Å². The predicted octanol–water partition coefficient (Wildman–Crippen LogP) is 2.11. The number of thioether (sulfide) groups is 1. The minimum absolute atomic E-state index is 0.125. The van der Waals surface area contributed by atoms with Crippen molar-refractivity contribution in [2.75, 3.05) is 19.0 Å². The Balaban J connectivity index is 1.56. The van der Waals surface area contributed by atoms with Crippen LogP contribution < -0.4 is 20.5 Å². The third-order valence-corrected chi connectivity index (χ3v) is 5.21. The second kappa shape index (κ2) is 8.98. The molecule has 1 atom stereocenters. The normalized spacial score (nSPS) is 14.0. The summed E-state index contributed by atoms with van der Waals surface area (Å²) >= 11 is 1.25. The van der Waals surface area contributed by atoms with Crippen molar-refractivity contribution in [2.45, 2.75) is 44.4 Å². The highest BCUT2D eigenvalue weighted by Gasteiger charge is 2.17. The van der Waals surface area contributed by atoms with Crippen LogP contribution in [0.5, 0.6) is 11.5 Å². The van der Waals surface area contributed by atoms with Gasteiger partial charge in [-0.1, -0.05) is 31.2 Å². The summed E-state index contributed by atoms with van der Waals surface area (Å²) in [7, 11) is 0. The maximum atomic E-state index is 12.3. The number of benzene rings is 1. The molecule has 2 N–H and O–H groups in total. The number of H-pyrrole nitrogens is 1. The first-order chi connectivity index (χ1) is 13.1. The fourth-order valence-electron chi connectivity index (χ4n) is 2.75. The Morgan fingerprint density at radius 2 is 2.15 bits per heavy atom. The molecule has 1 aromatic carbocycles. The smallest absolute Gasteiger partial charge is 0.343 e. The molecule has 27 heavy (non-hydrogen) atoms. The fraction of sp³-hybridized carbons (Fsp3) is 0.500. The van der Waals surface area contributed by atoms with E-state index in [-0.39, 0.29) is 23.4 Å². The van der Waals surface area contributed by atoms with E-state index in [0.717, 1.165) is 24.2 Å². The van der Waals surface area contributed by atoms with Gasteiger partial charge in [-0.3, -0.25) is 9.36 Å². The van der Waals surface area contributed by atoms with Crippen LogP contribution in [0, 0.1) is 0 Å². The van der Waals surface area contributed by atoms with Gasteiger partial charge in [-0.05, 0) is 31.0 Å². The molecule has 3 rings (SSSR count). The molecule has 0 unspecified atom stereocenters. The minimum atomic E-state index is -0.240. The molecule has 9 heteroatoms. The number of carbonyl (C=O) groups excluding carboxylic acids is 1. The Morgan fingerprint density at radius 1 is 1.37 bits per heavy atom. The summed E-state index contributed by atoms with van der Waals surface area (Å²) in [5.74, 6) is 1.49. The van der Waals surface area contributed by atoms with Gasteiger partial charge in [0.15, 0.2) is 16.7 Å². The van der Waals surface area contributed by atoms with Crippen LogP contribution >= 0.6 is 11.8 Å². The topological polar surface area (TPSA) is 98.2 Å². The van der Waals surface area contributed by atoms with E-state index in [4.69, 9.17) is 9.47 Å². The lowest BCUT2D eigenvalue weighted by Crippen LogP contribution is -2.28. The molecule has 1 aromatic heterocycles. The van der Waals surface area contributed by atoms with Crippen LogP contribution in [0.15, 0.2) is 28.2 Å². The molecular formula is C18H24N4O4S. The standard InChI is InChI=1S/C18H24N4O4S/c1-3-4-7-22-17(24)20-21-18(22)27-11-16(23)19-12(2)13-5-6-14-15(10-13)26-9-8-25-14/h5-6,10,12H,3-4,7-9,11H2,1-2H3,(H,19,23)(H,20,24)/t12-/m0/s1. The van der Waals surface area contributed by atoms with Crippen molar-refractivity contribution >= 4 is 17.7 Å². The zero-order valence-electron chi connectivity index (χ0n) is 15.5. The van der Waals surface area contributed by atoms with Crippen LogP contribution in [-0.4, -0.2) is 39.6 Å². The van der Waals surface area contributed by atoms with Crippen molar-refractivity contribution in [3.63, 3.8) is 0 Å². The zero-order chi connectivity index (χ0) is 19.2. The summed E-state index contributed by atoms with van der Waals surface area (Å²) in [5.41, 5.74) is 0.702. The SMILES string of the molecule is CCCCn1c(SCC(=O)N[C@@H](C)c2ccc3c(c2)OCCO3)n[nH]c1=O. The third-order valence-electron chi connectivity index (χ3n) is 4.23. The third kappa shape index (κ3) is 4.85. The molecule has 1 aliphatic heterocycles. The first-order valence-corrected chi connectivity index (χ1v) is 10.0. The molecule has 0 spiro atoms. The molecular weight excluding hydrogens is 368 g/mol. The maximum Gasteiger partial charge on any atom is 0.343 e. The highest BCUT2D eigenvalue weighted by Crippen LogP contribution is 2.32. The largest absolute Gasteiger partial charge is 0.486 e. The second-order valence-electron chi connectivity index (χ2n) is 6.30. The molecule has 0 aliphatic carbocycles. The Morgan fingerprint density at radius 3 is 2.93 bits per heavy atom. The average molecular weight is 392 g/mol. The molecule has 1 amide bonds. The van der Waals surface area contributed by atoms with Crippen LogP contribution in [0.4, 0.5) is 0 Å². The number of ether oxygens (including phenoxy) is 2. The van der Waals surface area contributed by atoms with Crippen LogP contribution in [0.25, 0.3) is 0 Å². The van der Waals surface area contributed by atoms with Gasteiger partial charge in [0.25, 0.3) is 0 Å². The molecule has 2 aromatic rings. The number of carbonyl (C=O) groups is 1. The van der Waals surface area contributed by atoms with Crippen molar-refractivity contribution in [2.24, 2.45) is 0 Å². The van der Waals surface area contributed by atoms with E-state index in [2.05, 4.69) is 22.4 Å². The lowest BCUT2D eigenvalue weighted by Gasteiger charge is -2.21. The average Bonchev–Trinajstić information content (AvgIpc) is 3.03. The number of nitrogens with one attached hydrogen (secondary N) is 2. The van der Waals surface area contributed by atoms with E-state index >= 15 is 0 Å². The number of hydrogen-bond donors (Lipinski definition) is 2. The number of aromatic amines is 1. The number of fused-ring (bicyclic) bond motifs is 1. The van der Waals surface area contributed by atoms with Gasteiger partial charge in [0.1, 0.15) is 13.2 Å². The Kier molecular flexibility index (Phi) is 6.44. The van der Waals surface area contributed by atoms with Crippen molar-refractivity contribution in [3.8, 4) is 11.5 Å². The fourth-order valence-corrected chi connectivity index (χ4v) is 3.54. The van der Waals surface area contributed by atoms with E-state index in [1.807, 2.05) is 25.1 Å². The first-order valence-electron chi connectivity index (χ1n) is 9.05. The molecule has 0 saturated carbocycles. The van der Waals surface area contributed by atoms with Crippen LogP contribution in [0.3, 0.4) is 0 Å². The van der Waals surface area contributed by atoms with E-state index in [1.165, 1.54) is 11.8 Å². The summed E-state index contributed by atoms with van der Waals surface area (Å²) < 4.78 is 12.7. The van der Waals surface area contributed by atoms with Crippen LogP contribution in [0.2, 0.25) is 0 Å². The summed E-state index contributed by atoms with van der Waals surface area (Å²) in [4.78, 5) is 24.1. The van der Waals surface area contributed by atoms with Gasteiger partial charge >= 0.3 is 5.69 Å². The van der Waals surface area contributed by atoms with Gasteiger partial charge < -0.3 is 14.8 Å². The maximum absolute atomic E-state index is 12.3. The van der Waals surface area contributed by atoms with Gasteiger partial charge in [0.05, 0.1) is 11.8 Å². The Labute approximate surface area is 161 Å². The molecule has 1 aliphatic rings. The van der Waals surface area contributed by atoms with E-state index < -0.39 is 0 Å². The van der Waals surface area contributed by atoms with Gasteiger partial charge in [-0.2, -0.15) is 0 Å². The summed E-state index contributed by atoms with van der Waals surface area (Å²) in [5, 5.41) is 9.95. The Hall–Kier alpha value is -2.42. The number of unbranched alkanes of at least 4 members (excludes halogenated alkanes) is 1. The van der Waals surface area contributed by atoms with E-state index in [0.29, 0.717) is 30.7 Å². The molecule has 146 valence electrons. The number of nitrogens with zero attached hydrogens (tertiary/aromatic N) is 2. The molecule has 0 bridgehead atoms. The predicted molar refractivity (Wildman–Crippen MR) is 102 cm³/mol. The number of amides is 1. The quantitative estimate of drug-likeness (QED) is 0.668. The van der Waals surface area contributed by atoms with Crippen LogP contribution in [0.1, 0.15) is 38.3 Å². The van der Waals surface area contributed by atoms with Gasteiger partial charge in [0, 0.05) is 6.54 Å². The van der Waals surface area contributed by atoms with Gasteiger partial charge in [-0.25, -0.2) is 9.89 Å². The minimum Gasteiger partial charge on any atom is -0.486 e. The molecule has 8 nitrogen and oxygen atoms in total. The highest BCUT2D eigenvalue weighted by molar-refractivity contribution is 7.99. The van der Waals surface area contributed by atoms with Gasteiger partial charge in [0.2, 0.25) is 5.91 Å². The first kappa shape index (κ1) is 19.3. The number of rotatable bonds is 8. The van der Waals surface area contributed by atoms with Crippen molar-refractivity contribution in [1.82, 2.24) is 20.1 Å². The van der Waals surface area contributed by atoms with Crippen LogP contribution in [-0.2, 0) is 11.3 Å². The summed E-state index contributed by atoms with van der Waals surface area (Å²) in [6, 6.07) is 5.50. The van der Waals surface area contributed by atoms with E-state index in [1.54, 1.807) is 4.57 Å². The molecule has 0 radical (unpaired) electrons. The summed E-state index contributed by atoms with van der Waals surface area (Å²) in [6.45, 7) is 5.65. The number of hydrogen-bond acceptors (Lipinski definition) is 6. The van der Waals surface area contributed by atoms with E-state index in [9.17, 15) is 9.59 Å². The molecule has 2 heterocycles. The number of aromatic nitrogens is 3.